The summed E-state index contributed by atoms with van der Waals surface area (Å²) in [5.41, 5.74) is 1.29. The molecule has 0 saturated carbocycles. The molecule has 0 aliphatic carbocycles. The lowest BCUT2D eigenvalue weighted by molar-refractivity contribution is 0.811. The second kappa shape index (κ2) is 4.42. The highest BCUT2D eigenvalue weighted by molar-refractivity contribution is 7.15. The number of imidazole rings is 1. The van der Waals surface area contributed by atoms with E-state index in [2.05, 4.69) is 34.8 Å². The van der Waals surface area contributed by atoms with Gasteiger partial charge in [-0.25, -0.2) is 4.98 Å². The fraction of sp³-hybridized carbons (Fsp3) is 0.500. The Morgan fingerprint density at radius 3 is 2.69 bits per heavy atom. The Morgan fingerprint density at radius 1 is 1.38 bits per heavy atom. The predicted octanol–water partition coefficient (Wildman–Crippen LogP) is 3.55. The van der Waals surface area contributed by atoms with Crippen molar-refractivity contribution in [3.63, 3.8) is 0 Å². The third-order valence-corrected chi connectivity index (χ3v) is 2.54. The molecule has 13 heavy (non-hydrogen) atoms. The van der Waals surface area contributed by atoms with Gasteiger partial charge in [-0.15, -0.1) is 11.3 Å². The van der Waals surface area contributed by atoms with Gasteiger partial charge in [0.2, 0.25) is 0 Å². The van der Waals surface area contributed by atoms with E-state index in [4.69, 9.17) is 0 Å². The normalized spacial score (nSPS) is 10.2. The molecule has 0 amide bonds. The lowest BCUT2D eigenvalue weighted by Crippen LogP contribution is -1.90. The molecule has 0 aromatic carbocycles. The van der Waals surface area contributed by atoms with Crippen molar-refractivity contribution in [2.45, 2.75) is 33.6 Å². The van der Waals surface area contributed by atoms with Gasteiger partial charge in [-0.1, -0.05) is 27.7 Å². The molecule has 0 radical (unpaired) electrons. The van der Waals surface area contributed by atoms with Crippen molar-refractivity contribution in [2.75, 3.05) is 0 Å². The Balaban J connectivity index is 0.000000396. The minimum Gasteiger partial charge on any atom is -0.294 e. The van der Waals surface area contributed by atoms with Gasteiger partial charge in [0.05, 0.1) is 6.20 Å². The van der Waals surface area contributed by atoms with Crippen LogP contribution in [0.4, 0.5) is 0 Å². The molecular formula is C10H16N2S. The summed E-state index contributed by atoms with van der Waals surface area (Å²) in [6.45, 7) is 8.36. The second-order valence-corrected chi connectivity index (χ2v) is 3.77. The minimum atomic E-state index is 0.555. The maximum absolute atomic E-state index is 4.28. The summed E-state index contributed by atoms with van der Waals surface area (Å²) >= 11 is 1.68. The molecule has 0 unspecified atom stereocenters. The average molecular weight is 196 g/mol. The Labute approximate surface area is 83.2 Å². The zero-order chi connectivity index (χ0) is 9.84. The van der Waals surface area contributed by atoms with Crippen molar-refractivity contribution in [3.8, 4) is 0 Å². The Morgan fingerprint density at radius 2 is 2.08 bits per heavy atom. The molecule has 3 heteroatoms. The quantitative estimate of drug-likeness (QED) is 0.682. The lowest BCUT2D eigenvalue weighted by atomic mass is 10.1. The number of fused-ring (bicyclic) bond motifs is 1. The van der Waals surface area contributed by atoms with Crippen molar-refractivity contribution < 1.29 is 0 Å². The molecule has 2 aromatic heterocycles. The molecule has 0 N–H and O–H groups in total. The maximum Gasteiger partial charge on any atom is 0.193 e. The first-order chi connectivity index (χ1) is 6.29. The second-order valence-electron chi connectivity index (χ2n) is 2.89. The van der Waals surface area contributed by atoms with Crippen LogP contribution in [-0.2, 0) is 0 Å². The third-order valence-electron chi connectivity index (χ3n) is 1.77. The molecule has 0 spiro atoms. The monoisotopic (exact) mass is 196 g/mol. The molecule has 2 heterocycles. The van der Waals surface area contributed by atoms with Crippen LogP contribution in [0.25, 0.3) is 4.96 Å². The minimum absolute atomic E-state index is 0.555. The average Bonchev–Trinajstić information content (AvgIpc) is 2.66. The highest BCUT2D eigenvalue weighted by atomic mass is 32.1. The largest absolute Gasteiger partial charge is 0.294 e. The molecular weight excluding hydrogens is 180 g/mol. The van der Waals surface area contributed by atoms with Crippen LogP contribution in [-0.4, -0.2) is 9.38 Å². The Hall–Kier alpha value is -0.830. The number of nitrogens with zero attached hydrogens (tertiary/aromatic N) is 2. The molecule has 0 aliphatic rings. The first kappa shape index (κ1) is 10.3. The first-order valence-corrected chi connectivity index (χ1v) is 5.57. The molecule has 0 aliphatic heterocycles. The molecule has 0 fully saturated rings. The summed E-state index contributed by atoms with van der Waals surface area (Å²) in [4.78, 5) is 5.37. The van der Waals surface area contributed by atoms with Gasteiger partial charge >= 0.3 is 0 Å². The van der Waals surface area contributed by atoms with Gasteiger partial charge in [0.15, 0.2) is 4.96 Å². The summed E-state index contributed by atoms with van der Waals surface area (Å²) in [7, 11) is 0. The van der Waals surface area contributed by atoms with E-state index in [1.165, 1.54) is 5.69 Å². The molecule has 72 valence electrons. The van der Waals surface area contributed by atoms with E-state index in [0.717, 1.165) is 4.96 Å². The summed E-state index contributed by atoms with van der Waals surface area (Å²) in [6.07, 6.45) is 4.03. The van der Waals surface area contributed by atoms with Gasteiger partial charge in [-0.05, 0) is 5.92 Å². The number of aromatic nitrogens is 2. The molecule has 2 nitrogen and oxygen atoms in total. The topological polar surface area (TPSA) is 17.3 Å². The SMILES string of the molecule is CC.CC(C)c1cnc2sccn12. The summed E-state index contributed by atoms with van der Waals surface area (Å²) in [5, 5.41) is 2.06. The zero-order valence-electron chi connectivity index (χ0n) is 8.61. The molecule has 2 aromatic rings. The fourth-order valence-electron chi connectivity index (χ4n) is 1.17. The zero-order valence-corrected chi connectivity index (χ0v) is 9.43. The highest BCUT2D eigenvalue weighted by Gasteiger charge is 2.06. The van der Waals surface area contributed by atoms with Crippen LogP contribution in [0.2, 0.25) is 0 Å². The van der Waals surface area contributed by atoms with E-state index in [-0.39, 0.29) is 0 Å². The highest BCUT2D eigenvalue weighted by Crippen LogP contribution is 2.18. The van der Waals surface area contributed by atoms with Crippen molar-refractivity contribution in [2.24, 2.45) is 0 Å². The van der Waals surface area contributed by atoms with Crippen LogP contribution in [0.3, 0.4) is 0 Å². The summed E-state index contributed by atoms with van der Waals surface area (Å²) < 4.78 is 2.15. The van der Waals surface area contributed by atoms with Gasteiger partial charge < -0.3 is 0 Å². The van der Waals surface area contributed by atoms with E-state index in [1.807, 2.05) is 20.0 Å². The van der Waals surface area contributed by atoms with E-state index in [0.29, 0.717) is 5.92 Å². The van der Waals surface area contributed by atoms with E-state index in [1.54, 1.807) is 11.3 Å². The molecule has 0 atom stereocenters. The van der Waals surface area contributed by atoms with Crippen molar-refractivity contribution in [1.82, 2.24) is 9.38 Å². The smallest absolute Gasteiger partial charge is 0.193 e. The third kappa shape index (κ3) is 1.91. The van der Waals surface area contributed by atoms with Gasteiger partial charge in [0.25, 0.3) is 0 Å². The summed E-state index contributed by atoms with van der Waals surface area (Å²) in [6, 6.07) is 0. The number of hydrogen-bond donors (Lipinski definition) is 0. The molecule has 0 saturated heterocycles. The Kier molecular flexibility index (Phi) is 3.48. The van der Waals surface area contributed by atoms with Gasteiger partial charge in [0, 0.05) is 17.3 Å². The fourth-order valence-corrected chi connectivity index (χ4v) is 1.87. The standard InChI is InChI=1S/C8H10N2S.C2H6/c1-6(2)7-5-9-8-10(7)3-4-11-8;1-2/h3-6H,1-2H3;1-2H3. The predicted molar refractivity (Wildman–Crippen MR) is 58.5 cm³/mol. The molecule has 2 rings (SSSR count). The maximum atomic E-state index is 4.28. The van der Waals surface area contributed by atoms with Crippen LogP contribution in [0.15, 0.2) is 17.8 Å². The van der Waals surface area contributed by atoms with E-state index in [9.17, 15) is 0 Å². The van der Waals surface area contributed by atoms with Crippen LogP contribution in [0.5, 0.6) is 0 Å². The van der Waals surface area contributed by atoms with Crippen LogP contribution >= 0.6 is 11.3 Å². The van der Waals surface area contributed by atoms with Crippen molar-refractivity contribution >= 4 is 16.3 Å². The Bertz CT molecular complexity index is 360. The van der Waals surface area contributed by atoms with Gasteiger partial charge in [-0.2, -0.15) is 0 Å². The number of thiazole rings is 1. The van der Waals surface area contributed by atoms with Crippen molar-refractivity contribution in [1.29, 1.82) is 0 Å². The van der Waals surface area contributed by atoms with Gasteiger partial charge in [0.1, 0.15) is 0 Å². The lowest BCUT2D eigenvalue weighted by Gasteiger charge is -2.00. The van der Waals surface area contributed by atoms with E-state index >= 15 is 0 Å². The van der Waals surface area contributed by atoms with Crippen LogP contribution < -0.4 is 0 Å². The summed E-state index contributed by atoms with van der Waals surface area (Å²) in [5.74, 6) is 0.555. The number of rotatable bonds is 1. The number of hydrogen-bond acceptors (Lipinski definition) is 2. The van der Waals surface area contributed by atoms with Crippen molar-refractivity contribution in [3.05, 3.63) is 23.5 Å². The first-order valence-electron chi connectivity index (χ1n) is 4.69. The molecule has 0 bridgehead atoms. The van der Waals surface area contributed by atoms with Gasteiger partial charge in [-0.3, -0.25) is 4.40 Å². The van der Waals surface area contributed by atoms with Crippen LogP contribution in [0, 0.1) is 0 Å². The van der Waals surface area contributed by atoms with Crippen LogP contribution in [0.1, 0.15) is 39.3 Å². The van der Waals surface area contributed by atoms with E-state index < -0.39 is 0 Å².